The van der Waals surface area contributed by atoms with Gasteiger partial charge in [-0.05, 0) is 40.9 Å². The van der Waals surface area contributed by atoms with Crippen molar-refractivity contribution in [1.82, 2.24) is 9.80 Å². The van der Waals surface area contributed by atoms with E-state index in [2.05, 4.69) is 66.8 Å². The number of likely N-dealkylation sites (N-methyl/N-ethyl adjacent to an activating group) is 1. The topological polar surface area (TPSA) is 35.9 Å². The van der Waals surface area contributed by atoms with Crippen molar-refractivity contribution >= 4 is 28.9 Å². The van der Waals surface area contributed by atoms with Crippen LogP contribution in [0.5, 0.6) is 0 Å². The van der Waals surface area contributed by atoms with Crippen molar-refractivity contribution in [2.75, 3.05) is 32.7 Å². The fraction of sp³-hybridized carbons (Fsp3) is 0.500. The van der Waals surface area contributed by atoms with Gasteiger partial charge in [0.2, 0.25) is 0 Å². The summed E-state index contributed by atoms with van der Waals surface area (Å²) in [4.78, 5) is 21.9. The first-order valence-corrected chi connectivity index (χ1v) is 9.79. The van der Waals surface area contributed by atoms with Crippen molar-refractivity contribution in [3.8, 4) is 0 Å². The van der Waals surface area contributed by atoms with Crippen LogP contribution < -0.4 is 0 Å². The average Bonchev–Trinajstić information content (AvgIpc) is 2.95. The molecule has 0 aromatic heterocycles. The van der Waals surface area contributed by atoms with Gasteiger partial charge in [0.1, 0.15) is 0 Å². The number of aliphatic imine (C=N–C) groups is 1. The lowest BCUT2D eigenvalue weighted by atomic mass is 9.87. The van der Waals surface area contributed by atoms with Crippen molar-refractivity contribution in [2.45, 2.75) is 33.1 Å². The average molecular weight is 358 g/mol. The minimum atomic E-state index is -0.113. The maximum atomic E-state index is 12.3. The largest absolute Gasteiger partial charge is 0.348 e. The third-order valence-corrected chi connectivity index (χ3v) is 5.82. The van der Waals surface area contributed by atoms with Crippen LogP contribution in [0.4, 0.5) is 0 Å². The van der Waals surface area contributed by atoms with Gasteiger partial charge in [-0.25, -0.2) is 0 Å². The second-order valence-corrected chi connectivity index (χ2v) is 8.61. The molecule has 0 atom stereocenters. The highest BCUT2D eigenvalue weighted by molar-refractivity contribution is 8.18. The predicted molar refractivity (Wildman–Crippen MR) is 107 cm³/mol. The van der Waals surface area contributed by atoms with E-state index in [9.17, 15) is 4.79 Å². The number of amides is 1. The molecule has 2 aliphatic rings. The Morgan fingerprint density at radius 2 is 1.76 bits per heavy atom. The van der Waals surface area contributed by atoms with Gasteiger partial charge in [0.15, 0.2) is 5.17 Å². The van der Waals surface area contributed by atoms with Crippen LogP contribution in [0.25, 0.3) is 6.08 Å². The Kier molecular flexibility index (Phi) is 5.35. The van der Waals surface area contributed by atoms with Gasteiger partial charge in [-0.2, -0.15) is 4.99 Å². The molecule has 25 heavy (non-hydrogen) atoms. The fourth-order valence-corrected chi connectivity index (χ4v) is 3.98. The van der Waals surface area contributed by atoms with Crippen LogP contribution in [0.15, 0.2) is 34.2 Å². The second-order valence-electron chi connectivity index (χ2n) is 7.60. The molecule has 2 heterocycles. The molecule has 0 N–H and O–H groups in total. The smallest absolute Gasteiger partial charge is 0.286 e. The molecule has 1 amide bonds. The van der Waals surface area contributed by atoms with Gasteiger partial charge < -0.3 is 9.80 Å². The first-order valence-electron chi connectivity index (χ1n) is 8.97. The highest BCUT2D eigenvalue weighted by atomic mass is 32.2. The molecule has 0 radical (unpaired) electrons. The number of rotatable bonds is 2. The van der Waals surface area contributed by atoms with E-state index in [-0.39, 0.29) is 11.3 Å². The zero-order valence-electron chi connectivity index (χ0n) is 15.6. The van der Waals surface area contributed by atoms with Crippen molar-refractivity contribution in [1.29, 1.82) is 0 Å². The lowest BCUT2D eigenvalue weighted by Gasteiger charge is -2.34. The van der Waals surface area contributed by atoms with Crippen LogP contribution in [-0.4, -0.2) is 53.6 Å². The molecule has 1 saturated heterocycles. The van der Waals surface area contributed by atoms with E-state index in [1.807, 2.05) is 6.08 Å². The van der Waals surface area contributed by atoms with Gasteiger partial charge in [-0.15, -0.1) is 0 Å². The quantitative estimate of drug-likeness (QED) is 0.758. The van der Waals surface area contributed by atoms with Crippen LogP contribution in [0.2, 0.25) is 0 Å². The summed E-state index contributed by atoms with van der Waals surface area (Å²) in [5.41, 5.74) is 2.49. The van der Waals surface area contributed by atoms with Crippen LogP contribution in [0.1, 0.15) is 38.8 Å². The van der Waals surface area contributed by atoms with Crippen molar-refractivity contribution < 1.29 is 4.79 Å². The highest BCUT2D eigenvalue weighted by Crippen LogP contribution is 2.31. The SMILES string of the molecule is CCN1CCN(C2=NC(=O)/C(=C/c3ccc(C(C)(C)C)cc3)S2)CC1. The van der Waals surface area contributed by atoms with E-state index < -0.39 is 0 Å². The summed E-state index contributed by atoms with van der Waals surface area (Å²) in [6.07, 6.45) is 1.96. The molecular weight excluding hydrogens is 330 g/mol. The number of hydrogen-bond donors (Lipinski definition) is 0. The van der Waals surface area contributed by atoms with Crippen molar-refractivity contribution in [3.05, 3.63) is 40.3 Å². The summed E-state index contributed by atoms with van der Waals surface area (Å²) in [6, 6.07) is 8.45. The third kappa shape index (κ3) is 4.33. The number of hydrogen-bond acceptors (Lipinski definition) is 4. The predicted octanol–water partition coefficient (Wildman–Crippen LogP) is 3.59. The first-order chi connectivity index (χ1) is 11.9. The third-order valence-electron chi connectivity index (χ3n) is 4.77. The summed E-state index contributed by atoms with van der Waals surface area (Å²) in [5, 5.41) is 0.860. The number of benzene rings is 1. The standard InChI is InChI=1S/C20H27N3OS/c1-5-22-10-12-23(13-11-22)19-21-18(24)17(25-19)14-15-6-8-16(9-7-15)20(2,3)4/h6-9,14H,5,10-13H2,1-4H3/b17-14-. The molecule has 1 aromatic rings. The Morgan fingerprint density at radius 3 is 2.32 bits per heavy atom. The fourth-order valence-electron chi connectivity index (χ4n) is 3.02. The molecule has 1 fully saturated rings. The van der Waals surface area contributed by atoms with E-state index in [0.29, 0.717) is 0 Å². The van der Waals surface area contributed by atoms with E-state index >= 15 is 0 Å². The number of thioether (sulfide) groups is 1. The summed E-state index contributed by atoms with van der Waals surface area (Å²) in [5.74, 6) is -0.113. The molecule has 3 rings (SSSR count). The minimum absolute atomic E-state index is 0.113. The number of carbonyl (C=O) groups excluding carboxylic acids is 1. The maximum absolute atomic E-state index is 12.3. The van der Waals surface area contributed by atoms with E-state index in [4.69, 9.17) is 0 Å². The molecule has 0 spiro atoms. The number of amidine groups is 1. The van der Waals surface area contributed by atoms with Crippen molar-refractivity contribution in [3.63, 3.8) is 0 Å². The van der Waals surface area contributed by atoms with Crippen LogP contribution in [0, 0.1) is 0 Å². The lowest BCUT2D eigenvalue weighted by molar-refractivity contribution is -0.113. The molecule has 4 nitrogen and oxygen atoms in total. The van der Waals surface area contributed by atoms with Gasteiger partial charge in [0.05, 0.1) is 4.91 Å². The molecular formula is C20H27N3OS. The number of nitrogens with zero attached hydrogens (tertiary/aromatic N) is 3. The minimum Gasteiger partial charge on any atom is -0.348 e. The zero-order valence-corrected chi connectivity index (χ0v) is 16.4. The Balaban J connectivity index is 1.67. The van der Waals surface area contributed by atoms with Gasteiger partial charge >= 0.3 is 0 Å². The van der Waals surface area contributed by atoms with Crippen LogP contribution >= 0.6 is 11.8 Å². The van der Waals surface area contributed by atoms with Gasteiger partial charge in [-0.1, -0.05) is 52.0 Å². The molecule has 1 aromatic carbocycles. The molecule has 5 heteroatoms. The molecule has 2 aliphatic heterocycles. The normalized spacial score (nSPS) is 21.1. The summed E-state index contributed by atoms with van der Waals surface area (Å²) in [7, 11) is 0. The van der Waals surface area contributed by atoms with Gasteiger partial charge in [0, 0.05) is 26.2 Å². The second kappa shape index (κ2) is 7.34. The van der Waals surface area contributed by atoms with Gasteiger partial charge in [-0.3, -0.25) is 4.79 Å². The van der Waals surface area contributed by atoms with E-state index in [1.165, 1.54) is 17.3 Å². The van der Waals surface area contributed by atoms with Crippen molar-refractivity contribution in [2.24, 2.45) is 4.99 Å². The van der Waals surface area contributed by atoms with Crippen LogP contribution in [0.3, 0.4) is 0 Å². The first kappa shape index (κ1) is 18.2. The maximum Gasteiger partial charge on any atom is 0.286 e. The molecule has 0 aliphatic carbocycles. The highest BCUT2D eigenvalue weighted by Gasteiger charge is 2.28. The Labute approximate surface area is 155 Å². The molecule has 0 saturated carbocycles. The van der Waals surface area contributed by atoms with Crippen LogP contribution in [-0.2, 0) is 10.2 Å². The zero-order chi connectivity index (χ0) is 18.0. The number of piperazine rings is 1. The lowest BCUT2D eigenvalue weighted by Crippen LogP contribution is -2.47. The number of carbonyl (C=O) groups is 1. The summed E-state index contributed by atoms with van der Waals surface area (Å²) < 4.78 is 0. The monoisotopic (exact) mass is 357 g/mol. The van der Waals surface area contributed by atoms with E-state index in [1.54, 1.807) is 0 Å². The Hall–Kier alpha value is -1.59. The Bertz CT molecular complexity index is 693. The molecule has 134 valence electrons. The van der Waals surface area contributed by atoms with Gasteiger partial charge in [0.25, 0.3) is 5.91 Å². The molecule has 0 bridgehead atoms. The molecule has 0 unspecified atom stereocenters. The Morgan fingerprint density at radius 1 is 1.12 bits per heavy atom. The summed E-state index contributed by atoms with van der Waals surface area (Å²) >= 11 is 1.51. The summed E-state index contributed by atoms with van der Waals surface area (Å²) in [6.45, 7) is 13.9. The van der Waals surface area contributed by atoms with E-state index in [0.717, 1.165) is 48.4 Å².